The number of methoxy groups -OCH3 is 3. The third-order valence-electron chi connectivity index (χ3n) is 5.48. The molecule has 8 nitrogen and oxygen atoms in total. The highest BCUT2D eigenvalue weighted by atomic mass is 16.5. The van der Waals surface area contributed by atoms with Crippen LogP contribution in [-0.2, 0) is 11.3 Å². The van der Waals surface area contributed by atoms with Crippen molar-refractivity contribution in [3.63, 3.8) is 0 Å². The summed E-state index contributed by atoms with van der Waals surface area (Å²) in [6.07, 6.45) is 3.74. The minimum absolute atomic E-state index is 0.0139. The minimum atomic E-state index is -0.0858. The van der Waals surface area contributed by atoms with Crippen LogP contribution in [0.1, 0.15) is 35.3 Å². The Labute approximate surface area is 182 Å². The van der Waals surface area contributed by atoms with Gasteiger partial charge >= 0.3 is 0 Å². The summed E-state index contributed by atoms with van der Waals surface area (Å²) in [5, 5.41) is 2.92. The van der Waals surface area contributed by atoms with Crippen LogP contribution in [0.4, 0.5) is 0 Å². The van der Waals surface area contributed by atoms with Crippen LogP contribution >= 0.6 is 0 Å². The Morgan fingerprint density at radius 3 is 2.29 bits per heavy atom. The van der Waals surface area contributed by atoms with Gasteiger partial charge in [-0.3, -0.25) is 14.6 Å². The van der Waals surface area contributed by atoms with Gasteiger partial charge in [-0.15, -0.1) is 0 Å². The molecule has 1 aliphatic heterocycles. The van der Waals surface area contributed by atoms with E-state index in [-0.39, 0.29) is 17.7 Å². The lowest BCUT2D eigenvalue weighted by molar-refractivity contribution is -0.122. The largest absolute Gasteiger partial charge is 0.493 e. The van der Waals surface area contributed by atoms with Gasteiger partial charge in [0, 0.05) is 31.3 Å². The standard InChI is InChI=1S/C23H29N3O5/c1-29-19-13-17(14-20(30-2)22(19)31-3)23(28)26-10-7-16(8-11-26)12-21(27)25-15-18-6-4-5-9-24-18/h4-6,9,13-14,16H,7-8,10-12,15H2,1-3H3,(H,25,27). The maximum Gasteiger partial charge on any atom is 0.254 e. The van der Waals surface area contributed by atoms with Crippen molar-refractivity contribution >= 4 is 11.8 Å². The van der Waals surface area contributed by atoms with Crippen molar-refractivity contribution in [2.45, 2.75) is 25.8 Å². The topological polar surface area (TPSA) is 90.0 Å². The van der Waals surface area contributed by atoms with E-state index in [0.29, 0.717) is 48.9 Å². The lowest BCUT2D eigenvalue weighted by Gasteiger charge is -2.32. The smallest absolute Gasteiger partial charge is 0.254 e. The fourth-order valence-corrected chi connectivity index (χ4v) is 3.75. The summed E-state index contributed by atoms with van der Waals surface area (Å²) in [6.45, 7) is 1.64. The summed E-state index contributed by atoms with van der Waals surface area (Å²) < 4.78 is 16.0. The summed E-state index contributed by atoms with van der Waals surface area (Å²) in [6, 6.07) is 8.96. The van der Waals surface area contributed by atoms with E-state index in [1.54, 1.807) is 18.3 Å². The molecule has 1 saturated heterocycles. The average Bonchev–Trinajstić information content (AvgIpc) is 2.82. The Balaban J connectivity index is 1.53. The molecule has 1 aromatic carbocycles. The van der Waals surface area contributed by atoms with Crippen LogP contribution < -0.4 is 19.5 Å². The van der Waals surface area contributed by atoms with Crippen LogP contribution in [-0.4, -0.2) is 56.1 Å². The number of nitrogens with one attached hydrogen (secondary N) is 1. The maximum absolute atomic E-state index is 13.0. The van der Waals surface area contributed by atoms with Crippen molar-refractivity contribution in [3.05, 3.63) is 47.8 Å². The highest BCUT2D eigenvalue weighted by Gasteiger charge is 2.26. The van der Waals surface area contributed by atoms with Crippen molar-refractivity contribution in [3.8, 4) is 17.2 Å². The fraction of sp³-hybridized carbons (Fsp3) is 0.435. The van der Waals surface area contributed by atoms with Gasteiger partial charge in [0.15, 0.2) is 11.5 Å². The van der Waals surface area contributed by atoms with Gasteiger partial charge in [-0.1, -0.05) is 6.07 Å². The van der Waals surface area contributed by atoms with Gasteiger partial charge in [-0.05, 0) is 43.0 Å². The molecular weight excluding hydrogens is 398 g/mol. The van der Waals surface area contributed by atoms with Gasteiger partial charge in [0.25, 0.3) is 5.91 Å². The van der Waals surface area contributed by atoms with Crippen molar-refractivity contribution in [1.82, 2.24) is 15.2 Å². The second kappa shape index (κ2) is 10.7. The van der Waals surface area contributed by atoms with Crippen molar-refractivity contribution < 1.29 is 23.8 Å². The van der Waals surface area contributed by atoms with Gasteiger partial charge in [0.1, 0.15) is 0 Å². The highest BCUT2D eigenvalue weighted by Crippen LogP contribution is 2.38. The molecule has 2 aromatic rings. The zero-order valence-electron chi connectivity index (χ0n) is 18.2. The number of pyridine rings is 1. The zero-order valence-corrected chi connectivity index (χ0v) is 18.2. The number of carbonyl (C=O) groups is 2. The molecule has 3 rings (SSSR count). The Hall–Kier alpha value is -3.29. The molecule has 1 fully saturated rings. The summed E-state index contributed by atoms with van der Waals surface area (Å²) in [5.41, 5.74) is 1.32. The SMILES string of the molecule is COc1cc(C(=O)N2CCC(CC(=O)NCc3ccccn3)CC2)cc(OC)c1OC. The molecule has 2 heterocycles. The molecule has 8 heteroatoms. The Morgan fingerprint density at radius 2 is 1.74 bits per heavy atom. The predicted molar refractivity (Wildman–Crippen MR) is 115 cm³/mol. The minimum Gasteiger partial charge on any atom is -0.493 e. The summed E-state index contributed by atoms with van der Waals surface area (Å²) in [7, 11) is 4.57. The second-order valence-electron chi connectivity index (χ2n) is 7.45. The molecule has 0 spiro atoms. The van der Waals surface area contributed by atoms with E-state index in [9.17, 15) is 9.59 Å². The molecular formula is C23H29N3O5. The quantitative estimate of drug-likeness (QED) is 0.697. The molecule has 0 saturated carbocycles. The summed E-state index contributed by atoms with van der Waals surface area (Å²) in [5.74, 6) is 1.54. The van der Waals surface area contributed by atoms with Crippen LogP contribution in [0, 0.1) is 5.92 Å². The van der Waals surface area contributed by atoms with E-state index in [1.165, 1.54) is 21.3 Å². The van der Waals surface area contributed by atoms with Gasteiger partial charge in [0.2, 0.25) is 11.7 Å². The number of carbonyl (C=O) groups excluding carboxylic acids is 2. The van der Waals surface area contributed by atoms with Gasteiger partial charge in [0.05, 0.1) is 33.6 Å². The lowest BCUT2D eigenvalue weighted by atomic mass is 9.92. The molecule has 1 aromatic heterocycles. The second-order valence-corrected chi connectivity index (χ2v) is 7.45. The van der Waals surface area contributed by atoms with Crippen molar-refractivity contribution in [2.75, 3.05) is 34.4 Å². The van der Waals surface area contributed by atoms with Gasteiger partial charge < -0.3 is 24.4 Å². The van der Waals surface area contributed by atoms with E-state index < -0.39 is 0 Å². The number of ether oxygens (including phenoxy) is 3. The van der Waals surface area contributed by atoms with E-state index in [1.807, 2.05) is 23.1 Å². The normalized spacial score (nSPS) is 14.1. The predicted octanol–water partition coefficient (Wildman–Crippen LogP) is 2.67. The van der Waals surface area contributed by atoms with Crippen LogP contribution in [0.5, 0.6) is 17.2 Å². The number of hydrogen-bond donors (Lipinski definition) is 1. The summed E-state index contributed by atoms with van der Waals surface area (Å²) >= 11 is 0. The van der Waals surface area contributed by atoms with E-state index in [2.05, 4.69) is 10.3 Å². The third kappa shape index (κ3) is 5.65. The van der Waals surface area contributed by atoms with E-state index >= 15 is 0 Å². The van der Waals surface area contributed by atoms with Crippen molar-refractivity contribution in [1.29, 1.82) is 0 Å². The molecule has 1 aliphatic rings. The first-order valence-corrected chi connectivity index (χ1v) is 10.3. The van der Waals surface area contributed by atoms with E-state index in [4.69, 9.17) is 14.2 Å². The summed E-state index contributed by atoms with van der Waals surface area (Å²) in [4.78, 5) is 31.3. The molecule has 1 N–H and O–H groups in total. The Kier molecular flexibility index (Phi) is 7.70. The Bertz CT molecular complexity index is 870. The third-order valence-corrected chi connectivity index (χ3v) is 5.48. The number of rotatable bonds is 8. The molecule has 0 atom stereocenters. The number of nitrogens with zero attached hydrogens (tertiary/aromatic N) is 2. The number of benzene rings is 1. The first kappa shape index (κ1) is 22.4. The highest BCUT2D eigenvalue weighted by molar-refractivity contribution is 5.95. The first-order valence-electron chi connectivity index (χ1n) is 10.3. The number of likely N-dealkylation sites (tertiary alicyclic amines) is 1. The zero-order chi connectivity index (χ0) is 22.2. The van der Waals surface area contributed by atoms with Gasteiger partial charge in [-0.25, -0.2) is 0 Å². The average molecular weight is 428 g/mol. The molecule has 0 unspecified atom stereocenters. The number of hydrogen-bond acceptors (Lipinski definition) is 6. The molecule has 166 valence electrons. The monoisotopic (exact) mass is 427 g/mol. The molecule has 0 bridgehead atoms. The van der Waals surface area contributed by atoms with Crippen LogP contribution in [0.2, 0.25) is 0 Å². The Morgan fingerprint density at radius 1 is 1.06 bits per heavy atom. The molecule has 31 heavy (non-hydrogen) atoms. The van der Waals surface area contributed by atoms with Crippen LogP contribution in [0.3, 0.4) is 0 Å². The first-order chi connectivity index (χ1) is 15.0. The number of piperidine rings is 1. The van der Waals surface area contributed by atoms with Gasteiger partial charge in [-0.2, -0.15) is 0 Å². The number of aromatic nitrogens is 1. The van der Waals surface area contributed by atoms with Crippen LogP contribution in [0.25, 0.3) is 0 Å². The number of amides is 2. The van der Waals surface area contributed by atoms with Crippen LogP contribution in [0.15, 0.2) is 36.5 Å². The molecule has 0 aliphatic carbocycles. The van der Waals surface area contributed by atoms with E-state index in [0.717, 1.165) is 18.5 Å². The maximum atomic E-state index is 13.0. The molecule has 0 radical (unpaired) electrons. The lowest BCUT2D eigenvalue weighted by Crippen LogP contribution is -2.39. The van der Waals surface area contributed by atoms with Crippen molar-refractivity contribution in [2.24, 2.45) is 5.92 Å². The fourth-order valence-electron chi connectivity index (χ4n) is 3.75. The molecule has 2 amide bonds.